The third kappa shape index (κ3) is 6.92. The first-order valence-corrected chi connectivity index (χ1v) is 12.9. The van der Waals surface area contributed by atoms with Crippen molar-refractivity contribution in [2.24, 2.45) is 0 Å². The van der Waals surface area contributed by atoms with Gasteiger partial charge in [0.05, 0.1) is 0 Å². The average molecular weight is 564 g/mol. The highest BCUT2D eigenvalue weighted by Crippen LogP contribution is 2.24. The number of carbonyl (C=O) groups excluding carboxylic acids is 3. The fourth-order valence-corrected chi connectivity index (χ4v) is 4.61. The van der Waals surface area contributed by atoms with E-state index in [0.29, 0.717) is 16.7 Å². The van der Waals surface area contributed by atoms with Gasteiger partial charge in [0.2, 0.25) is 0 Å². The molecule has 4 atom stereocenters. The quantitative estimate of drug-likeness (QED) is 0.234. The van der Waals surface area contributed by atoms with Crippen LogP contribution in [-0.2, 0) is 47.9 Å². The number of phenols is 3. The van der Waals surface area contributed by atoms with Gasteiger partial charge < -0.3 is 29.5 Å². The van der Waals surface area contributed by atoms with Gasteiger partial charge in [-0.1, -0.05) is 36.4 Å². The third-order valence-corrected chi connectivity index (χ3v) is 6.74. The number of hydrogen-bond donors (Lipinski definition) is 6. The van der Waals surface area contributed by atoms with Crippen molar-refractivity contribution in [1.82, 2.24) is 16.0 Å². The Hall–Kier alpha value is -4.65. The first-order chi connectivity index (χ1) is 19.7. The monoisotopic (exact) mass is 563 g/mol. The van der Waals surface area contributed by atoms with Gasteiger partial charge in [-0.05, 0) is 72.4 Å². The molecule has 2 heterocycles. The minimum Gasteiger partial charge on any atom is -0.508 e. The Morgan fingerprint density at radius 2 is 0.951 bits per heavy atom. The van der Waals surface area contributed by atoms with Gasteiger partial charge in [-0.3, -0.25) is 19.7 Å². The molecule has 0 aliphatic carbocycles. The van der Waals surface area contributed by atoms with Crippen LogP contribution in [0.1, 0.15) is 16.7 Å². The summed E-state index contributed by atoms with van der Waals surface area (Å²) in [5, 5.41) is 37.4. The Morgan fingerprint density at radius 1 is 0.585 bits per heavy atom. The number of benzene rings is 3. The normalized spacial score (nSPS) is 24.9. The molecule has 2 fully saturated rings. The largest absolute Gasteiger partial charge is 0.508 e. The number of hydrogen-bond acceptors (Lipinski definition) is 12. The zero-order valence-electron chi connectivity index (χ0n) is 21.8. The van der Waals surface area contributed by atoms with Gasteiger partial charge in [-0.2, -0.15) is 0 Å². The van der Waals surface area contributed by atoms with Gasteiger partial charge in [0.25, 0.3) is 0 Å². The van der Waals surface area contributed by atoms with Crippen LogP contribution in [0.15, 0.2) is 72.8 Å². The summed E-state index contributed by atoms with van der Waals surface area (Å²) in [6.45, 7) is -0.297. The number of nitrogens with one attached hydrogen (secondary N) is 3. The highest BCUT2D eigenvalue weighted by Gasteiger charge is 2.53. The summed E-state index contributed by atoms with van der Waals surface area (Å²) < 4.78 is 16.8. The summed E-state index contributed by atoms with van der Waals surface area (Å²) in [6, 6.07) is 13.4. The summed E-state index contributed by atoms with van der Waals surface area (Å²) >= 11 is 0. The van der Waals surface area contributed by atoms with Crippen LogP contribution >= 0.6 is 0 Å². The van der Waals surface area contributed by atoms with E-state index in [9.17, 15) is 29.7 Å². The van der Waals surface area contributed by atoms with E-state index in [1.807, 2.05) is 0 Å². The van der Waals surface area contributed by atoms with Gasteiger partial charge in [0, 0.05) is 0 Å². The Kier molecular flexibility index (Phi) is 8.06. The van der Waals surface area contributed by atoms with E-state index < -0.39 is 42.1 Å². The second-order valence-corrected chi connectivity index (χ2v) is 9.83. The fourth-order valence-electron chi connectivity index (χ4n) is 4.61. The number of rotatable bonds is 6. The maximum Gasteiger partial charge on any atom is 0.387 e. The van der Waals surface area contributed by atoms with Gasteiger partial charge in [-0.15, -0.1) is 0 Å². The second kappa shape index (κ2) is 11.8. The highest BCUT2D eigenvalue weighted by atomic mass is 16.8. The number of carbonyl (C=O) groups is 3. The van der Waals surface area contributed by atoms with E-state index in [1.54, 1.807) is 36.4 Å². The van der Waals surface area contributed by atoms with E-state index in [2.05, 4.69) is 16.0 Å². The lowest BCUT2D eigenvalue weighted by molar-refractivity contribution is -0.241. The van der Waals surface area contributed by atoms with Crippen molar-refractivity contribution in [2.45, 2.75) is 43.4 Å². The van der Waals surface area contributed by atoms with Crippen LogP contribution < -0.4 is 16.0 Å². The highest BCUT2D eigenvalue weighted by molar-refractivity contribution is 5.82. The summed E-state index contributed by atoms with van der Waals surface area (Å²) in [6.07, 6.45) is 0.314. The van der Waals surface area contributed by atoms with Gasteiger partial charge in [-0.25, -0.2) is 10.6 Å². The van der Waals surface area contributed by atoms with Gasteiger partial charge in [0.1, 0.15) is 42.1 Å². The van der Waals surface area contributed by atoms with E-state index >= 15 is 0 Å². The molecule has 5 rings (SSSR count). The predicted molar refractivity (Wildman–Crippen MR) is 142 cm³/mol. The average Bonchev–Trinajstić information content (AvgIpc) is 3.24. The van der Waals surface area contributed by atoms with Gasteiger partial charge in [0.15, 0.2) is 0 Å². The van der Waals surface area contributed by atoms with Gasteiger partial charge >= 0.3 is 23.9 Å². The second-order valence-electron chi connectivity index (χ2n) is 9.83. The van der Waals surface area contributed by atoms with Crippen molar-refractivity contribution < 1.29 is 43.9 Å². The van der Waals surface area contributed by atoms with Crippen molar-refractivity contribution in [2.75, 3.05) is 6.73 Å². The molecule has 2 saturated heterocycles. The standard InChI is InChI=1S/C29H29N3O9/c33-20-7-1-17(2-8-20)13-23-27(37)40-29(32-25(28(38)41-29)15-19-5-11-22(35)12-6-19)31-24(26(36)39-16-30-23)14-18-3-9-21(34)10-4-18/h1-12,23-25,30-35H,13-16H2/t23?,24?,25?,29-/m1/s1. The van der Waals surface area contributed by atoms with E-state index in [1.165, 1.54) is 36.4 Å². The number of ether oxygens (including phenoxy) is 3. The first kappa shape index (κ1) is 27.9. The minimum atomic E-state index is -2.21. The molecule has 0 bridgehead atoms. The molecule has 0 radical (unpaired) electrons. The molecule has 2 aliphatic rings. The fraction of sp³-hybridized carbons (Fsp3) is 0.276. The van der Waals surface area contributed by atoms with Crippen molar-refractivity contribution in [1.29, 1.82) is 0 Å². The van der Waals surface area contributed by atoms with Crippen LogP contribution in [0.5, 0.6) is 17.2 Å². The maximum absolute atomic E-state index is 13.5. The molecule has 3 aromatic rings. The van der Waals surface area contributed by atoms with E-state index in [4.69, 9.17) is 14.2 Å². The van der Waals surface area contributed by atoms with Crippen LogP contribution in [0.25, 0.3) is 0 Å². The van der Waals surface area contributed by atoms with Crippen molar-refractivity contribution >= 4 is 17.9 Å². The summed E-state index contributed by atoms with van der Waals surface area (Å²) in [7, 11) is 0. The van der Waals surface area contributed by atoms with Crippen molar-refractivity contribution in [3.8, 4) is 17.2 Å². The molecule has 2 aliphatic heterocycles. The Morgan fingerprint density at radius 3 is 1.39 bits per heavy atom. The van der Waals surface area contributed by atoms with Crippen molar-refractivity contribution in [3.63, 3.8) is 0 Å². The van der Waals surface area contributed by atoms with Crippen LogP contribution in [0.3, 0.4) is 0 Å². The molecule has 0 saturated carbocycles. The molecule has 1 spiro atoms. The van der Waals surface area contributed by atoms with Crippen molar-refractivity contribution in [3.05, 3.63) is 89.5 Å². The molecule has 6 N–H and O–H groups in total. The molecular weight excluding hydrogens is 534 g/mol. The van der Waals surface area contributed by atoms with E-state index in [-0.39, 0.29) is 43.2 Å². The van der Waals surface area contributed by atoms with E-state index in [0.717, 1.165) is 0 Å². The van der Waals surface area contributed by atoms with Crippen LogP contribution in [0.4, 0.5) is 0 Å². The molecule has 41 heavy (non-hydrogen) atoms. The Labute approximate surface area is 234 Å². The molecular formula is C29H29N3O9. The predicted octanol–water partition coefficient (Wildman–Crippen LogP) is 0.931. The molecule has 3 aromatic carbocycles. The lowest BCUT2D eigenvalue weighted by atomic mass is 10.0. The summed E-state index contributed by atoms with van der Waals surface area (Å²) in [4.78, 5) is 39.7. The maximum atomic E-state index is 13.5. The number of cyclic esters (lactones) is 1. The van der Waals surface area contributed by atoms with Crippen LogP contribution in [0, 0.1) is 0 Å². The molecule has 0 aromatic heterocycles. The Balaban J connectivity index is 1.42. The molecule has 12 heteroatoms. The first-order valence-electron chi connectivity index (χ1n) is 12.9. The molecule has 214 valence electrons. The van der Waals surface area contributed by atoms with Crippen LogP contribution in [-0.4, -0.2) is 64.1 Å². The lowest BCUT2D eigenvalue weighted by Crippen LogP contribution is -2.66. The smallest absolute Gasteiger partial charge is 0.387 e. The molecule has 12 nitrogen and oxygen atoms in total. The molecule has 3 unspecified atom stereocenters. The lowest BCUT2D eigenvalue weighted by Gasteiger charge is -2.34. The molecule has 0 amide bonds. The third-order valence-electron chi connectivity index (χ3n) is 6.74. The zero-order valence-corrected chi connectivity index (χ0v) is 21.8. The summed E-state index contributed by atoms with van der Waals surface area (Å²) in [5.74, 6) is -2.04. The SMILES string of the molecule is O=C1OCNC(Cc2ccc(O)cc2)C(=O)O[C@@]2(NC1Cc1ccc(O)cc1)NC(Cc1ccc(O)cc1)C(=O)O2. The topological polar surface area (TPSA) is 176 Å². The number of esters is 3. The Bertz CT molecular complexity index is 1400. The van der Waals surface area contributed by atoms with Crippen LogP contribution in [0.2, 0.25) is 0 Å². The number of phenolic OH excluding ortho intramolecular Hbond substituents is 3. The zero-order chi connectivity index (χ0) is 29.0. The summed E-state index contributed by atoms with van der Waals surface area (Å²) in [5.41, 5.74) is 2.04. The number of aromatic hydroxyl groups is 3. The minimum absolute atomic E-state index is 0.0490.